The number of aliphatic imine (C=N–C) groups is 1. The molecule has 7 heteroatoms. The molecule has 0 spiro atoms. The zero-order valence-corrected chi connectivity index (χ0v) is 13.3. The highest BCUT2D eigenvalue weighted by Crippen LogP contribution is 2.41. The Labute approximate surface area is 133 Å². The quantitative estimate of drug-likeness (QED) is 0.621. The molecular formula is C16H17N3O4. The minimum atomic E-state index is -0.597. The van der Waals surface area contributed by atoms with Crippen molar-refractivity contribution in [2.45, 2.75) is 25.4 Å². The number of fused-ring (bicyclic) bond motifs is 2. The van der Waals surface area contributed by atoms with E-state index in [1.54, 1.807) is 18.9 Å². The van der Waals surface area contributed by atoms with Crippen LogP contribution in [0.25, 0.3) is 0 Å². The van der Waals surface area contributed by atoms with E-state index in [4.69, 9.17) is 4.74 Å². The van der Waals surface area contributed by atoms with Gasteiger partial charge in [-0.2, -0.15) is 0 Å². The number of hydrogen-bond acceptors (Lipinski definition) is 5. The standard InChI is InChI=1S/C16H17N3O4/c1-7-14(21)8-4-9-16(22)18(2)6-11(20)19(9)10-5-17-13(12(8)10)15(7)23-3/h9-10H,4-6H2,1-3H3/t9-,10-/m0/s1. The lowest BCUT2D eigenvalue weighted by molar-refractivity contribution is -0.156. The first kappa shape index (κ1) is 14.2. The minimum Gasteiger partial charge on any atom is -0.494 e. The van der Waals surface area contributed by atoms with Crippen LogP contribution in [0.5, 0.6) is 0 Å². The average Bonchev–Trinajstić information content (AvgIpc) is 2.95. The first-order valence-corrected chi connectivity index (χ1v) is 7.59. The number of piperazine rings is 1. The third-order valence-corrected chi connectivity index (χ3v) is 5.10. The van der Waals surface area contributed by atoms with E-state index >= 15 is 0 Å². The summed E-state index contributed by atoms with van der Waals surface area (Å²) in [7, 11) is 3.14. The van der Waals surface area contributed by atoms with Crippen LogP contribution < -0.4 is 0 Å². The molecule has 0 aromatic rings. The molecule has 0 radical (unpaired) electrons. The van der Waals surface area contributed by atoms with E-state index in [1.807, 2.05) is 0 Å². The number of ketones is 1. The highest BCUT2D eigenvalue weighted by atomic mass is 16.5. The molecule has 3 aliphatic heterocycles. The van der Waals surface area contributed by atoms with Crippen LogP contribution in [-0.4, -0.2) is 72.4 Å². The topological polar surface area (TPSA) is 79.3 Å². The summed E-state index contributed by atoms with van der Waals surface area (Å²) in [5.74, 6) is 0.179. The van der Waals surface area contributed by atoms with Crippen molar-refractivity contribution in [1.29, 1.82) is 0 Å². The number of Topliss-reactive ketones (excluding diaryl/α,β-unsaturated/α-hetero) is 1. The molecule has 4 rings (SSSR count). The van der Waals surface area contributed by atoms with Crippen LogP contribution in [0.1, 0.15) is 13.3 Å². The number of carbonyl (C=O) groups excluding carboxylic acids is 3. The lowest BCUT2D eigenvalue weighted by Gasteiger charge is -2.46. The molecule has 0 aromatic carbocycles. The molecule has 4 aliphatic rings. The highest BCUT2D eigenvalue weighted by Gasteiger charge is 2.52. The van der Waals surface area contributed by atoms with Crippen molar-refractivity contribution in [2.75, 3.05) is 27.2 Å². The molecule has 0 saturated carbocycles. The monoisotopic (exact) mass is 315 g/mol. The fraction of sp³-hybridized carbons (Fsp3) is 0.500. The predicted molar refractivity (Wildman–Crippen MR) is 80.7 cm³/mol. The third-order valence-electron chi connectivity index (χ3n) is 5.10. The number of allylic oxidation sites excluding steroid dienone is 2. The third kappa shape index (κ3) is 1.64. The molecule has 1 fully saturated rings. The van der Waals surface area contributed by atoms with Gasteiger partial charge in [-0.15, -0.1) is 0 Å². The predicted octanol–water partition coefficient (Wildman–Crippen LogP) is -0.318. The lowest BCUT2D eigenvalue weighted by Crippen LogP contribution is -2.64. The largest absolute Gasteiger partial charge is 0.494 e. The van der Waals surface area contributed by atoms with Crippen molar-refractivity contribution in [3.8, 4) is 0 Å². The van der Waals surface area contributed by atoms with E-state index in [0.29, 0.717) is 29.2 Å². The number of carbonyl (C=O) groups is 3. The van der Waals surface area contributed by atoms with Gasteiger partial charge in [0.2, 0.25) is 11.8 Å². The van der Waals surface area contributed by atoms with Gasteiger partial charge in [0.05, 0.1) is 26.2 Å². The van der Waals surface area contributed by atoms with Gasteiger partial charge in [-0.25, -0.2) is 0 Å². The van der Waals surface area contributed by atoms with Crippen molar-refractivity contribution in [2.24, 2.45) is 4.99 Å². The van der Waals surface area contributed by atoms with Crippen LogP contribution in [0.2, 0.25) is 0 Å². The summed E-state index contributed by atoms with van der Waals surface area (Å²) in [6, 6.07) is -0.925. The van der Waals surface area contributed by atoms with E-state index in [9.17, 15) is 14.4 Å². The number of ether oxygens (including phenoxy) is 1. The van der Waals surface area contributed by atoms with E-state index in [-0.39, 0.29) is 36.6 Å². The molecule has 23 heavy (non-hydrogen) atoms. The summed E-state index contributed by atoms with van der Waals surface area (Å²) in [6.45, 7) is 2.16. The molecule has 0 N–H and O–H groups in total. The van der Waals surface area contributed by atoms with Crippen LogP contribution in [0.4, 0.5) is 0 Å². The second kappa shape index (κ2) is 4.53. The fourth-order valence-electron chi connectivity index (χ4n) is 4.04. The van der Waals surface area contributed by atoms with Crippen LogP contribution in [0.15, 0.2) is 27.5 Å². The molecule has 2 atom stereocenters. The summed E-state index contributed by atoms with van der Waals surface area (Å²) in [4.78, 5) is 45.2. The summed E-state index contributed by atoms with van der Waals surface area (Å²) < 4.78 is 5.37. The van der Waals surface area contributed by atoms with Gasteiger partial charge in [0.1, 0.15) is 11.8 Å². The van der Waals surface area contributed by atoms with Crippen molar-refractivity contribution in [1.82, 2.24) is 9.80 Å². The van der Waals surface area contributed by atoms with Crippen molar-refractivity contribution in [3.05, 3.63) is 22.5 Å². The van der Waals surface area contributed by atoms with Crippen molar-refractivity contribution in [3.63, 3.8) is 0 Å². The summed E-state index contributed by atoms with van der Waals surface area (Å²) in [6.07, 6.45) is 0.257. The Kier molecular flexibility index (Phi) is 2.79. The number of methoxy groups -OCH3 is 1. The Morgan fingerprint density at radius 2 is 1.96 bits per heavy atom. The van der Waals surface area contributed by atoms with E-state index < -0.39 is 6.04 Å². The van der Waals surface area contributed by atoms with E-state index in [0.717, 1.165) is 5.57 Å². The molecule has 7 nitrogen and oxygen atoms in total. The Hall–Kier alpha value is -2.44. The van der Waals surface area contributed by atoms with Crippen LogP contribution in [0.3, 0.4) is 0 Å². The maximum atomic E-state index is 12.7. The number of likely N-dealkylation sites (N-methyl/N-ethyl adjacent to an activating group) is 1. The molecule has 0 bridgehead atoms. The van der Waals surface area contributed by atoms with Gasteiger partial charge in [-0.3, -0.25) is 19.4 Å². The van der Waals surface area contributed by atoms with Gasteiger partial charge in [-0.05, 0) is 6.92 Å². The smallest absolute Gasteiger partial charge is 0.245 e. The van der Waals surface area contributed by atoms with Gasteiger partial charge in [0, 0.05) is 30.2 Å². The fourth-order valence-corrected chi connectivity index (χ4v) is 4.04. The molecule has 1 saturated heterocycles. The minimum absolute atomic E-state index is 0.0731. The van der Waals surface area contributed by atoms with E-state index in [1.165, 1.54) is 12.0 Å². The number of hydrogen-bond donors (Lipinski definition) is 0. The Morgan fingerprint density at radius 1 is 1.22 bits per heavy atom. The highest BCUT2D eigenvalue weighted by molar-refractivity contribution is 6.28. The summed E-state index contributed by atoms with van der Waals surface area (Å²) in [5.41, 5.74) is 2.57. The Morgan fingerprint density at radius 3 is 2.65 bits per heavy atom. The van der Waals surface area contributed by atoms with Gasteiger partial charge >= 0.3 is 0 Å². The second-order valence-electron chi connectivity index (χ2n) is 6.30. The zero-order valence-electron chi connectivity index (χ0n) is 13.3. The molecule has 3 heterocycles. The first-order valence-electron chi connectivity index (χ1n) is 7.59. The summed E-state index contributed by atoms with van der Waals surface area (Å²) in [5, 5.41) is 0. The summed E-state index contributed by atoms with van der Waals surface area (Å²) >= 11 is 0. The van der Waals surface area contributed by atoms with Gasteiger partial charge in [0.15, 0.2) is 11.5 Å². The first-order chi connectivity index (χ1) is 11.0. The van der Waals surface area contributed by atoms with E-state index in [2.05, 4.69) is 4.99 Å². The number of amides is 2. The lowest BCUT2D eigenvalue weighted by atomic mass is 9.78. The molecule has 120 valence electrons. The van der Waals surface area contributed by atoms with Gasteiger partial charge in [0.25, 0.3) is 0 Å². The molecule has 0 aromatic heterocycles. The number of nitrogens with zero attached hydrogens (tertiary/aromatic N) is 3. The van der Waals surface area contributed by atoms with Gasteiger partial charge < -0.3 is 14.5 Å². The average molecular weight is 315 g/mol. The van der Waals surface area contributed by atoms with Gasteiger partial charge in [-0.1, -0.05) is 0 Å². The second-order valence-corrected chi connectivity index (χ2v) is 6.30. The maximum absolute atomic E-state index is 12.7. The number of rotatable bonds is 1. The normalized spacial score (nSPS) is 29.9. The molecular weight excluding hydrogens is 298 g/mol. The zero-order chi connectivity index (χ0) is 16.5. The Bertz CT molecular complexity index is 761. The molecule has 2 amide bonds. The SMILES string of the molecule is COC1=C(C)C(=O)C2=C3C1=NC[C@@H]3N1C(=O)CN(C)C(=O)[C@@H]1C2. The molecule has 1 aliphatic carbocycles. The van der Waals surface area contributed by atoms with Crippen molar-refractivity contribution >= 4 is 23.3 Å². The molecule has 0 unspecified atom stereocenters. The van der Waals surface area contributed by atoms with Crippen LogP contribution in [0, 0.1) is 0 Å². The maximum Gasteiger partial charge on any atom is 0.245 e. The van der Waals surface area contributed by atoms with Crippen LogP contribution >= 0.6 is 0 Å². The van der Waals surface area contributed by atoms with Crippen LogP contribution in [-0.2, 0) is 19.1 Å². The van der Waals surface area contributed by atoms with Crippen molar-refractivity contribution < 1.29 is 19.1 Å². The Balaban J connectivity index is 1.85.